The summed E-state index contributed by atoms with van der Waals surface area (Å²) in [7, 11) is 4.06. The van der Waals surface area contributed by atoms with Gasteiger partial charge in [0.15, 0.2) is 0 Å². The molecule has 0 saturated carbocycles. The van der Waals surface area contributed by atoms with Crippen LogP contribution < -0.4 is 0 Å². The molecule has 0 aliphatic rings. The molecule has 0 bridgehead atoms. The zero-order chi connectivity index (χ0) is 13.1. The standard InChI is InChI=1S/C14H21NO2/c1-14(2,13(16)17)9-11-5-7-12(8-6-11)10-15(3)4/h5-8H,9-10H2,1-4H3,(H,16,17). The lowest BCUT2D eigenvalue weighted by molar-refractivity contribution is -0.146. The van der Waals surface area contributed by atoms with Crippen LogP contribution in [-0.2, 0) is 17.8 Å². The Morgan fingerprint density at radius 2 is 1.65 bits per heavy atom. The molecule has 17 heavy (non-hydrogen) atoms. The first-order valence-electron chi connectivity index (χ1n) is 5.77. The van der Waals surface area contributed by atoms with Gasteiger partial charge in [0, 0.05) is 6.54 Å². The van der Waals surface area contributed by atoms with Crippen LogP contribution in [0, 0.1) is 5.41 Å². The van der Waals surface area contributed by atoms with Gasteiger partial charge in [-0.05, 0) is 45.5 Å². The van der Waals surface area contributed by atoms with Gasteiger partial charge in [-0.25, -0.2) is 0 Å². The number of hydrogen-bond donors (Lipinski definition) is 1. The zero-order valence-corrected chi connectivity index (χ0v) is 11.0. The van der Waals surface area contributed by atoms with Gasteiger partial charge >= 0.3 is 5.97 Å². The van der Waals surface area contributed by atoms with Crippen molar-refractivity contribution < 1.29 is 9.90 Å². The van der Waals surface area contributed by atoms with Crippen LogP contribution in [0.4, 0.5) is 0 Å². The first-order chi connectivity index (χ1) is 7.81. The second kappa shape index (κ2) is 5.32. The molecule has 0 aliphatic heterocycles. The number of carboxylic acids is 1. The fourth-order valence-corrected chi connectivity index (χ4v) is 1.71. The summed E-state index contributed by atoms with van der Waals surface area (Å²) in [5.74, 6) is -0.755. The Morgan fingerprint density at radius 1 is 1.18 bits per heavy atom. The lowest BCUT2D eigenvalue weighted by Crippen LogP contribution is -2.26. The van der Waals surface area contributed by atoms with Gasteiger partial charge in [0.05, 0.1) is 5.41 Å². The highest BCUT2D eigenvalue weighted by molar-refractivity contribution is 5.74. The van der Waals surface area contributed by atoms with E-state index < -0.39 is 11.4 Å². The SMILES string of the molecule is CN(C)Cc1ccc(CC(C)(C)C(=O)O)cc1. The molecule has 0 aliphatic carbocycles. The Morgan fingerprint density at radius 3 is 2.06 bits per heavy atom. The van der Waals surface area contributed by atoms with Gasteiger partial charge in [-0.15, -0.1) is 0 Å². The smallest absolute Gasteiger partial charge is 0.309 e. The third kappa shape index (κ3) is 4.19. The Hall–Kier alpha value is -1.35. The third-order valence-corrected chi connectivity index (χ3v) is 2.75. The van der Waals surface area contributed by atoms with E-state index in [2.05, 4.69) is 17.0 Å². The van der Waals surface area contributed by atoms with Gasteiger partial charge in [-0.2, -0.15) is 0 Å². The Kier molecular flexibility index (Phi) is 4.29. The van der Waals surface area contributed by atoms with Gasteiger partial charge in [-0.3, -0.25) is 4.79 Å². The van der Waals surface area contributed by atoms with Gasteiger partial charge in [0.2, 0.25) is 0 Å². The third-order valence-electron chi connectivity index (χ3n) is 2.75. The van der Waals surface area contributed by atoms with Crippen LogP contribution >= 0.6 is 0 Å². The summed E-state index contributed by atoms with van der Waals surface area (Å²) in [5, 5.41) is 9.07. The highest BCUT2D eigenvalue weighted by Crippen LogP contribution is 2.22. The average Bonchev–Trinajstić information content (AvgIpc) is 2.19. The first kappa shape index (κ1) is 13.7. The minimum absolute atomic E-state index is 0.560. The van der Waals surface area contributed by atoms with Crippen LogP contribution in [0.3, 0.4) is 0 Å². The van der Waals surface area contributed by atoms with Crippen molar-refractivity contribution in [2.75, 3.05) is 14.1 Å². The largest absolute Gasteiger partial charge is 0.481 e. The van der Waals surface area contributed by atoms with Crippen molar-refractivity contribution in [1.29, 1.82) is 0 Å². The van der Waals surface area contributed by atoms with Crippen molar-refractivity contribution >= 4 is 5.97 Å². The second-order valence-electron chi connectivity index (χ2n) is 5.42. The lowest BCUT2D eigenvalue weighted by atomic mass is 9.86. The molecule has 94 valence electrons. The van der Waals surface area contributed by atoms with Crippen LogP contribution in [0.1, 0.15) is 25.0 Å². The quantitative estimate of drug-likeness (QED) is 0.852. The van der Waals surface area contributed by atoms with E-state index in [1.165, 1.54) is 5.56 Å². The predicted octanol–water partition coefficient (Wildman–Crippen LogP) is 2.40. The van der Waals surface area contributed by atoms with Crippen LogP contribution in [-0.4, -0.2) is 30.1 Å². The topological polar surface area (TPSA) is 40.5 Å². The molecule has 3 heteroatoms. The molecule has 1 rings (SSSR count). The van der Waals surface area contributed by atoms with Crippen molar-refractivity contribution in [3.05, 3.63) is 35.4 Å². The number of aliphatic carboxylic acids is 1. The summed E-state index contributed by atoms with van der Waals surface area (Å²) in [5.41, 5.74) is 1.61. The molecule has 0 spiro atoms. The molecule has 0 fully saturated rings. The first-order valence-corrected chi connectivity index (χ1v) is 5.77. The number of nitrogens with zero attached hydrogens (tertiary/aromatic N) is 1. The van der Waals surface area contributed by atoms with E-state index in [1.807, 2.05) is 26.2 Å². The molecule has 1 aromatic rings. The molecule has 0 aromatic heterocycles. The Balaban J connectivity index is 2.72. The highest BCUT2D eigenvalue weighted by atomic mass is 16.4. The van der Waals surface area contributed by atoms with E-state index in [0.717, 1.165) is 12.1 Å². The van der Waals surface area contributed by atoms with Gasteiger partial charge in [0.1, 0.15) is 0 Å². The van der Waals surface area contributed by atoms with Crippen molar-refractivity contribution in [2.45, 2.75) is 26.8 Å². The van der Waals surface area contributed by atoms with E-state index >= 15 is 0 Å². The molecule has 0 unspecified atom stereocenters. The van der Waals surface area contributed by atoms with Gasteiger partial charge in [0.25, 0.3) is 0 Å². The predicted molar refractivity (Wildman–Crippen MR) is 69.0 cm³/mol. The number of benzene rings is 1. The van der Waals surface area contributed by atoms with Gasteiger partial charge < -0.3 is 10.0 Å². The molecule has 3 nitrogen and oxygen atoms in total. The van der Waals surface area contributed by atoms with E-state index in [-0.39, 0.29) is 0 Å². The molecule has 1 aromatic carbocycles. The number of hydrogen-bond acceptors (Lipinski definition) is 2. The maximum absolute atomic E-state index is 11.0. The number of carbonyl (C=O) groups is 1. The molecule has 1 N–H and O–H groups in total. The summed E-state index contributed by atoms with van der Waals surface area (Å²) in [4.78, 5) is 13.1. The van der Waals surface area contributed by atoms with Crippen molar-refractivity contribution in [3.8, 4) is 0 Å². The normalized spacial score (nSPS) is 11.8. The molecule has 0 atom stereocenters. The minimum Gasteiger partial charge on any atom is -0.481 e. The minimum atomic E-state index is -0.755. The molecule has 0 radical (unpaired) electrons. The summed E-state index contributed by atoms with van der Waals surface area (Å²) in [6.07, 6.45) is 0.560. The second-order valence-corrected chi connectivity index (χ2v) is 5.42. The summed E-state index contributed by atoms with van der Waals surface area (Å²) >= 11 is 0. The van der Waals surface area contributed by atoms with Crippen molar-refractivity contribution in [3.63, 3.8) is 0 Å². The summed E-state index contributed by atoms with van der Waals surface area (Å²) in [6.45, 7) is 4.41. The fraction of sp³-hybridized carbons (Fsp3) is 0.500. The Bertz CT molecular complexity index is 380. The molecular weight excluding hydrogens is 214 g/mol. The zero-order valence-electron chi connectivity index (χ0n) is 11.0. The van der Waals surface area contributed by atoms with E-state index in [9.17, 15) is 4.79 Å². The molecular formula is C14H21NO2. The maximum atomic E-state index is 11.0. The molecule has 0 saturated heterocycles. The lowest BCUT2D eigenvalue weighted by Gasteiger charge is -2.19. The fourth-order valence-electron chi connectivity index (χ4n) is 1.71. The van der Waals surface area contributed by atoms with Crippen molar-refractivity contribution in [1.82, 2.24) is 4.90 Å². The Labute approximate surface area is 103 Å². The average molecular weight is 235 g/mol. The van der Waals surface area contributed by atoms with E-state index in [4.69, 9.17) is 5.11 Å². The number of rotatable bonds is 5. The monoisotopic (exact) mass is 235 g/mol. The van der Waals surface area contributed by atoms with E-state index in [1.54, 1.807) is 13.8 Å². The van der Waals surface area contributed by atoms with Gasteiger partial charge in [-0.1, -0.05) is 24.3 Å². The molecule has 0 heterocycles. The van der Waals surface area contributed by atoms with Crippen LogP contribution in [0.2, 0.25) is 0 Å². The van der Waals surface area contributed by atoms with Crippen LogP contribution in [0.25, 0.3) is 0 Å². The van der Waals surface area contributed by atoms with Crippen LogP contribution in [0.15, 0.2) is 24.3 Å². The maximum Gasteiger partial charge on any atom is 0.309 e. The number of carboxylic acid groups (broad SMARTS) is 1. The van der Waals surface area contributed by atoms with Crippen LogP contribution in [0.5, 0.6) is 0 Å². The molecule has 0 amide bonds. The summed E-state index contributed by atoms with van der Waals surface area (Å²) in [6, 6.07) is 8.16. The van der Waals surface area contributed by atoms with E-state index in [0.29, 0.717) is 6.42 Å². The van der Waals surface area contributed by atoms with Crippen molar-refractivity contribution in [2.24, 2.45) is 5.41 Å². The highest BCUT2D eigenvalue weighted by Gasteiger charge is 2.27. The summed E-state index contributed by atoms with van der Waals surface area (Å²) < 4.78 is 0.